The fraction of sp³-hybridized carbons (Fsp3) is 0.429. The predicted octanol–water partition coefficient (Wildman–Crippen LogP) is 0.197. The number of hydrogen-bond acceptors (Lipinski definition) is 3. The molecule has 0 bridgehead atoms. The molecular weight excluding hydrogens is 242 g/mol. The van der Waals surface area contributed by atoms with E-state index in [0.29, 0.717) is 13.0 Å². The maximum atomic E-state index is 11.4. The highest BCUT2D eigenvalue weighted by molar-refractivity contribution is 5.81. The van der Waals surface area contributed by atoms with Crippen LogP contribution in [0.4, 0.5) is 0 Å². The molecule has 0 aromatic heterocycles. The van der Waals surface area contributed by atoms with Crippen LogP contribution in [-0.4, -0.2) is 30.4 Å². The average Bonchev–Trinajstić information content (AvgIpc) is 2.36. The van der Waals surface area contributed by atoms with Gasteiger partial charge in [0.2, 0.25) is 11.8 Å². The molecule has 2 atom stereocenters. The molecule has 2 amide bonds. The van der Waals surface area contributed by atoms with Crippen molar-refractivity contribution in [1.82, 2.24) is 10.6 Å². The Kier molecular flexibility index (Phi) is 6.02. The molecule has 0 saturated carbocycles. The van der Waals surface area contributed by atoms with Crippen LogP contribution in [-0.2, 0) is 16.0 Å². The van der Waals surface area contributed by atoms with Gasteiger partial charge in [-0.15, -0.1) is 0 Å². The van der Waals surface area contributed by atoms with Crippen molar-refractivity contribution >= 4 is 11.8 Å². The molecule has 1 aromatic rings. The van der Waals surface area contributed by atoms with Crippen LogP contribution in [0.3, 0.4) is 0 Å². The number of benzene rings is 1. The molecule has 4 N–H and O–H groups in total. The molecule has 0 saturated heterocycles. The zero-order valence-electron chi connectivity index (χ0n) is 11.3. The molecule has 19 heavy (non-hydrogen) atoms. The third-order valence-electron chi connectivity index (χ3n) is 2.67. The van der Waals surface area contributed by atoms with Gasteiger partial charge in [-0.2, -0.15) is 0 Å². The van der Waals surface area contributed by atoms with Crippen molar-refractivity contribution in [2.24, 2.45) is 5.73 Å². The Bertz CT molecular complexity index is 418. The molecule has 0 heterocycles. The Balaban J connectivity index is 2.57. The van der Waals surface area contributed by atoms with Gasteiger partial charge in [0.05, 0.1) is 12.1 Å². The van der Waals surface area contributed by atoms with E-state index in [2.05, 4.69) is 10.6 Å². The van der Waals surface area contributed by atoms with Gasteiger partial charge in [-0.25, -0.2) is 0 Å². The quantitative estimate of drug-likeness (QED) is 0.685. The van der Waals surface area contributed by atoms with Gasteiger partial charge in [0.15, 0.2) is 0 Å². The van der Waals surface area contributed by atoms with Crippen molar-refractivity contribution in [2.75, 3.05) is 6.54 Å². The predicted molar refractivity (Wildman–Crippen MR) is 74.4 cm³/mol. The molecular formula is C14H21N3O2. The summed E-state index contributed by atoms with van der Waals surface area (Å²) in [6, 6.07) is 9.12. The SMILES string of the molecule is CC(=O)N[C@H](CNC(=O)[C@@H](C)N)Cc1ccccc1. The normalized spacial score (nSPS) is 13.4. The summed E-state index contributed by atoms with van der Waals surface area (Å²) in [5.74, 6) is -0.334. The van der Waals surface area contributed by atoms with E-state index >= 15 is 0 Å². The number of nitrogens with two attached hydrogens (primary N) is 1. The number of nitrogens with one attached hydrogen (secondary N) is 2. The minimum Gasteiger partial charge on any atom is -0.353 e. The van der Waals surface area contributed by atoms with Crippen molar-refractivity contribution < 1.29 is 9.59 Å². The smallest absolute Gasteiger partial charge is 0.236 e. The number of hydrogen-bond donors (Lipinski definition) is 3. The number of carbonyl (C=O) groups is 2. The molecule has 5 heteroatoms. The van der Waals surface area contributed by atoms with E-state index in [1.807, 2.05) is 30.3 Å². The molecule has 0 fully saturated rings. The molecule has 0 spiro atoms. The lowest BCUT2D eigenvalue weighted by atomic mass is 10.1. The van der Waals surface area contributed by atoms with Crippen molar-refractivity contribution in [3.63, 3.8) is 0 Å². The highest BCUT2D eigenvalue weighted by Crippen LogP contribution is 2.02. The summed E-state index contributed by atoms with van der Waals surface area (Å²) in [4.78, 5) is 22.6. The second-order valence-corrected chi connectivity index (χ2v) is 4.62. The first-order chi connectivity index (χ1) is 8.99. The number of rotatable bonds is 6. The molecule has 1 rings (SSSR count). The van der Waals surface area contributed by atoms with Crippen LogP contribution in [0, 0.1) is 0 Å². The summed E-state index contributed by atoms with van der Waals surface area (Å²) in [7, 11) is 0. The number of amides is 2. The van der Waals surface area contributed by atoms with Crippen LogP contribution in [0.5, 0.6) is 0 Å². The largest absolute Gasteiger partial charge is 0.353 e. The third kappa shape index (κ3) is 6.01. The topological polar surface area (TPSA) is 84.2 Å². The summed E-state index contributed by atoms with van der Waals surface area (Å²) >= 11 is 0. The Morgan fingerprint density at radius 3 is 2.42 bits per heavy atom. The Morgan fingerprint density at radius 2 is 1.89 bits per heavy atom. The summed E-state index contributed by atoms with van der Waals surface area (Å²) in [5.41, 5.74) is 6.58. The Morgan fingerprint density at radius 1 is 1.26 bits per heavy atom. The van der Waals surface area contributed by atoms with E-state index in [4.69, 9.17) is 5.73 Å². The second kappa shape index (κ2) is 7.53. The van der Waals surface area contributed by atoms with Gasteiger partial charge in [0, 0.05) is 13.5 Å². The van der Waals surface area contributed by atoms with Crippen LogP contribution in [0.1, 0.15) is 19.4 Å². The first kappa shape index (κ1) is 15.2. The van der Waals surface area contributed by atoms with Crippen LogP contribution in [0.25, 0.3) is 0 Å². The monoisotopic (exact) mass is 263 g/mol. The van der Waals surface area contributed by atoms with Gasteiger partial charge in [-0.1, -0.05) is 30.3 Å². The van der Waals surface area contributed by atoms with Crippen LogP contribution < -0.4 is 16.4 Å². The van der Waals surface area contributed by atoms with Crippen molar-refractivity contribution in [2.45, 2.75) is 32.4 Å². The van der Waals surface area contributed by atoms with E-state index in [1.54, 1.807) is 6.92 Å². The second-order valence-electron chi connectivity index (χ2n) is 4.62. The van der Waals surface area contributed by atoms with E-state index < -0.39 is 6.04 Å². The minimum absolute atomic E-state index is 0.115. The lowest BCUT2D eigenvalue weighted by molar-refractivity contribution is -0.123. The summed E-state index contributed by atoms with van der Waals surface area (Å²) in [5, 5.41) is 5.56. The third-order valence-corrected chi connectivity index (χ3v) is 2.67. The van der Waals surface area contributed by atoms with Gasteiger partial charge < -0.3 is 16.4 Å². The van der Waals surface area contributed by atoms with E-state index in [-0.39, 0.29) is 17.9 Å². The van der Waals surface area contributed by atoms with Crippen LogP contribution >= 0.6 is 0 Å². The molecule has 0 radical (unpaired) electrons. The first-order valence-corrected chi connectivity index (χ1v) is 6.33. The van der Waals surface area contributed by atoms with E-state index in [0.717, 1.165) is 5.56 Å². The minimum atomic E-state index is -0.547. The molecule has 5 nitrogen and oxygen atoms in total. The van der Waals surface area contributed by atoms with Crippen molar-refractivity contribution in [1.29, 1.82) is 0 Å². The lowest BCUT2D eigenvalue weighted by Gasteiger charge is -2.19. The fourth-order valence-corrected chi connectivity index (χ4v) is 1.75. The summed E-state index contributed by atoms with van der Waals surface area (Å²) < 4.78 is 0. The molecule has 0 aliphatic rings. The maximum Gasteiger partial charge on any atom is 0.236 e. The van der Waals surface area contributed by atoms with Gasteiger partial charge in [0.25, 0.3) is 0 Å². The first-order valence-electron chi connectivity index (χ1n) is 6.33. The summed E-state index contributed by atoms with van der Waals surface area (Å²) in [6.07, 6.45) is 0.666. The number of carbonyl (C=O) groups excluding carboxylic acids is 2. The average molecular weight is 263 g/mol. The molecule has 104 valence electrons. The van der Waals surface area contributed by atoms with E-state index in [1.165, 1.54) is 6.92 Å². The molecule has 0 aliphatic heterocycles. The standard InChI is InChI=1S/C14H21N3O2/c1-10(15)14(19)16-9-13(17-11(2)18)8-12-6-4-3-5-7-12/h3-7,10,13H,8-9,15H2,1-2H3,(H,16,19)(H,17,18)/t10-,13+/m1/s1. The van der Waals surface area contributed by atoms with Gasteiger partial charge in [0.1, 0.15) is 0 Å². The van der Waals surface area contributed by atoms with Crippen LogP contribution in [0.2, 0.25) is 0 Å². The highest BCUT2D eigenvalue weighted by atomic mass is 16.2. The Labute approximate surface area is 113 Å². The van der Waals surface area contributed by atoms with Crippen LogP contribution in [0.15, 0.2) is 30.3 Å². The zero-order valence-corrected chi connectivity index (χ0v) is 11.3. The Hall–Kier alpha value is -1.88. The van der Waals surface area contributed by atoms with Gasteiger partial charge >= 0.3 is 0 Å². The highest BCUT2D eigenvalue weighted by Gasteiger charge is 2.14. The van der Waals surface area contributed by atoms with Gasteiger partial charge in [-0.3, -0.25) is 9.59 Å². The molecule has 1 aromatic carbocycles. The van der Waals surface area contributed by atoms with E-state index in [9.17, 15) is 9.59 Å². The van der Waals surface area contributed by atoms with Crippen molar-refractivity contribution in [3.05, 3.63) is 35.9 Å². The maximum absolute atomic E-state index is 11.4. The van der Waals surface area contributed by atoms with Crippen molar-refractivity contribution in [3.8, 4) is 0 Å². The summed E-state index contributed by atoms with van der Waals surface area (Å²) in [6.45, 7) is 3.46. The lowest BCUT2D eigenvalue weighted by Crippen LogP contribution is -2.47. The fourth-order valence-electron chi connectivity index (χ4n) is 1.75. The molecule has 0 unspecified atom stereocenters. The van der Waals surface area contributed by atoms with Gasteiger partial charge in [-0.05, 0) is 18.9 Å². The molecule has 0 aliphatic carbocycles. The zero-order chi connectivity index (χ0) is 14.3.